The maximum atomic E-state index is 11.5. The monoisotopic (exact) mass is 246 g/mol. The molecule has 2 aromatic rings. The normalized spacial score (nSPS) is 11.5. The molecule has 0 saturated carbocycles. The average Bonchev–Trinajstić information content (AvgIpc) is 2.96. The van der Waals surface area contributed by atoms with Crippen LogP contribution in [0.15, 0.2) is 45.8 Å². The number of carbonyl (C=O) groups is 1. The molecule has 0 atom stereocenters. The van der Waals surface area contributed by atoms with E-state index in [-0.39, 0.29) is 5.78 Å². The molecule has 0 aliphatic rings. The molecule has 0 unspecified atom stereocenters. The molecule has 16 heavy (non-hydrogen) atoms. The van der Waals surface area contributed by atoms with Crippen molar-refractivity contribution in [2.75, 3.05) is 0 Å². The van der Waals surface area contributed by atoms with Crippen molar-refractivity contribution in [1.82, 2.24) is 0 Å². The van der Waals surface area contributed by atoms with Crippen molar-refractivity contribution in [3.63, 3.8) is 0 Å². The first kappa shape index (κ1) is 11.0. The Morgan fingerprint density at radius 1 is 0.938 bits per heavy atom. The quantitative estimate of drug-likeness (QED) is 0.742. The molecule has 1 nitrogen and oxygen atoms in total. The lowest BCUT2D eigenvalue weighted by molar-refractivity contribution is -0.110. The van der Waals surface area contributed by atoms with E-state index in [9.17, 15) is 4.79 Å². The first-order valence-corrected chi connectivity index (χ1v) is 6.68. The maximum Gasteiger partial charge on any atom is 0.178 e. The van der Waals surface area contributed by atoms with Crippen LogP contribution in [0.4, 0.5) is 0 Å². The van der Waals surface area contributed by atoms with Gasteiger partial charge in [-0.05, 0) is 56.9 Å². The fraction of sp³-hybridized carbons (Fsp3) is 0. The van der Waals surface area contributed by atoms with Gasteiger partial charge in [-0.15, -0.1) is 0 Å². The van der Waals surface area contributed by atoms with Gasteiger partial charge >= 0.3 is 0 Å². The minimum Gasteiger partial charge on any atom is -0.290 e. The zero-order chi connectivity index (χ0) is 11.2. The van der Waals surface area contributed by atoms with Crippen molar-refractivity contribution in [1.29, 1.82) is 0 Å². The van der Waals surface area contributed by atoms with Crippen molar-refractivity contribution in [2.45, 2.75) is 0 Å². The second-order valence-electron chi connectivity index (χ2n) is 3.18. The van der Waals surface area contributed by atoms with Crippen molar-refractivity contribution >= 4 is 40.6 Å². The van der Waals surface area contributed by atoms with Gasteiger partial charge in [-0.2, -0.15) is 22.7 Å². The van der Waals surface area contributed by atoms with Crippen molar-refractivity contribution in [3.8, 4) is 0 Å². The molecule has 0 saturated heterocycles. The largest absolute Gasteiger partial charge is 0.290 e. The number of hydrogen-bond donors (Lipinski definition) is 0. The highest BCUT2D eigenvalue weighted by molar-refractivity contribution is 7.08. The molecule has 0 fully saturated rings. The van der Waals surface area contributed by atoms with Crippen LogP contribution >= 0.6 is 22.7 Å². The Balaban J connectivity index is 1.94. The van der Waals surface area contributed by atoms with Crippen LogP contribution < -0.4 is 0 Å². The lowest BCUT2D eigenvalue weighted by atomic mass is 10.2. The minimum absolute atomic E-state index is 0.0115. The predicted molar refractivity (Wildman–Crippen MR) is 71.7 cm³/mol. The van der Waals surface area contributed by atoms with Crippen molar-refractivity contribution in [3.05, 3.63) is 56.9 Å². The van der Waals surface area contributed by atoms with Gasteiger partial charge in [0.15, 0.2) is 5.78 Å². The Kier molecular flexibility index (Phi) is 3.86. The summed E-state index contributed by atoms with van der Waals surface area (Å²) >= 11 is 3.25. The second-order valence-corrected chi connectivity index (χ2v) is 4.74. The van der Waals surface area contributed by atoms with Crippen molar-refractivity contribution in [2.24, 2.45) is 0 Å². The molecule has 0 aliphatic heterocycles. The summed E-state index contributed by atoms with van der Waals surface area (Å²) in [6.45, 7) is 0. The summed E-state index contributed by atoms with van der Waals surface area (Å²) in [6.07, 6.45) is 6.84. The zero-order valence-electron chi connectivity index (χ0n) is 8.50. The fourth-order valence-corrected chi connectivity index (χ4v) is 2.41. The smallest absolute Gasteiger partial charge is 0.178 e. The molecule has 0 bridgehead atoms. The highest BCUT2D eigenvalue weighted by Crippen LogP contribution is 2.09. The number of rotatable bonds is 4. The van der Waals surface area contributed by atoms with Crippen LogP contribution in [-0.2, 0) is 4.79 Å². The summed E-state index contributed by atoms with van der Waals surface area (Å²) in [4.78, 5) is 11.5. The Hall–Kier alpha value is -1.45. The predicted octanol–water partition coefficient (Wildman–Crippen LogP) is 4.11. The van der Waals surface area contributed by atoms with Gasteiger partial charge in [-0.1, -0.05) is 12.2 Å². The fourth-order valence-electron chi connectivity index (χ4n) is 1.15. The van der Waals surface area contributed by atoms with E-state index in [1.807, 2.05) is 45.8 Å². The first-order chi connectivity index (χ1) is 7.84. The second kappa shape index (κ2) is 5.58. The first-order valence-electron chi connectivity index (χ1n) is 4.79. The minimum atomic E-state index is 0.0115. The third kappa shape index (κ3) is 3.29. The third-order valence-corrected chi connectivity index (χ3v) is 3.37. The number of ketones is 1. The van der Waals surface area contributed by atoms with Crippen LogP contribution in [-0.4, -0.2) is 5.78 Å². The van der Waals surface area contributed by atoms with Gasteiger partial charge in [0, 0.05) is 0 Å². The highest BCUT2D eigenvalue weighted by Gasteiger charge is 1.91. The summed E-state index contributed by atoms with van der Waals surface area (Å²) in [7, 11) is 0. The number of thiophene rings is 2. The summed E-state index contributed by atoms with van der Waals surface area (Å²) in [6, 6.07) is 3.97. The Bertz CT molecular complexity index is 444. The molecule has 0 spiro atoms. The number of allylic oxidation sites excluding steroid dienone is 2. The SMILES string of the molecule is O=C(/C=C/c1ccsc1)/C=C/c1ccsc1. The van der Waals surface area contributed by atoms with Crippen LogP contribution in [0.25, 0.3) is 12.2 Å². The van der Waals surface area contributed by atoms with Crippen molar-refractivity contribution < 1.29 is 4.79 Å². The van der Waals surface area contributed by atoms with Gasteiger partial charge in [0.25, 0.3) is 0 Å². The summed E-state index contributed by atoms with van der Waals surface area (Å²) in [5, 5.41) is 8.00. The molecule has 2 heterocycles. The average molecular weight is 246 g/mol. The van der Waals surface area contributed by atoms with Crippen LogP contribution in [0.1, 0.15) is 11.1 Å². The van der Waals surface area contributed by atoms with E-state index in [4.69, 9.17) is 0 Å². The molecule has 80 valence electrons. The van der Waals surface area contributed by atoms with E-state index >= 15 is 0 Å². The van der Waals surface area contributed by atoms with Gasteiger partial charge in [-0.25, -0.2) is 0 Å². The van der Waals surface area contributed by atoms with Gasteiger partial charge in [-0.3, -0.25) is 4.79 Å². The molecular formula is C13H10OS2. The Morgan fingerprint density at radius 2 is 1.44 bits per heavy atom. The lowest BCUT2D eigenvalue weighted by Crippen LogP contribution is -1.83. The molecule has 3 heteroatoms. The molecule has 0 aliphatic carbocycles. The molecule has 2 rings (SSSR count). The molecule has 2 aromatic heterocycles. The Labute approximate surface area is 102 Å². The van der Waals surface area contributed by atoms with Gasteiger partial charge < -0.3 is 0 Å². The van der Waals surface area contributed by atoms with Crippen LogP contribution in [0.2, 0.25) is 0 Å². The lowest BCUT2D eigenvalue weighted by Gasteiger charge is -1.84. The van der Waals surface area contributed by atoms with Gasteiger partial charge in [0.05, 0.1) is 0 Å². The summed E-state index contributed by atoms with van der Waals surface area (Å²) in [5.41, 5.74) is 2.14. The van der Waals surface area contributed by atoms with E-state index < -0.39 is 0 Å². The van der Waals surface area contributed by atoms with Crippen LogP contribution in [0.5, 0.6) is 0 Å². The third-order valence-electron chi connectivity index (χ3n) is 1.97. The van der Waals surface area contributed by atoms with E-state index in [0.717, 1.165) is 11.1 Å². The molecule has 0 radical (unpaired) electrons. The number of carbonyl (C=O) groups excluding carboxylic acids is 1. The van der Waals surface area contributed by atoms with Crippen LogP contribution in [0.3, 0.4) is 0 Å². The standard InChI is InChI=1S/C13H10OS2/c14-13(3-1-11-5-7-15-9-11)4-2-12-6-8-16-10-12/h1-10H/b3-1+,4-2+. The van der Waals surface area contributed by atoms with Crippen LogP contribution in [0, 0.1) is 0 Å². The summed E-state index contributed by atoms with van der Waals surface area (Å²) < 4.78 is 0. The maximum absolute atomic E-state index is 11.5. The zero-order valence-corrected chi connectivity index (χ0v) is 10.1. The number of hydrogen-bond acceptors (Lipinski definition) is 3. The topological polar surface area (TPSA) is 17.1 Å². The van der Waals surface area contributed by atoms with E-state index in [0.29, 0.717) is 0 Å². The summed E-state index contributed by atoms with van der Waals surface area (Å²) in [5.74, 6) is 0.0115. The van der Waals surface area contributed by atoms with E-state index in [1.165, 1.54) is 0 Å². The molecule has 0 N–H and O–H groups in total. The Morgan fingerprint density at radius 3 is 1.81 bits per heavy atom. The van der Waals surface area contributed by atoms with E-state index in [1.54, 1.807) is 34.8 Å². The van der Waals surface area contributed by atoms with Gasteiger partial charge in [0.1, 0.15) is 0 Å². The van der Waals surface area contributed by atoms with E-state index in [2.05, 4.69) is 0 Å². The molecular weight excluding hydrogens is 236 g/mol. The molecule has 0 aromatic carbocycles. The highest BCUT2D eigenvalue weighted by atomic mass is 32.1. The molecule has 0 amide bonds. The van der Waals surface area contributed by atoms with Gasteiger partial charge in [0.2, 0.25) is 0 Å².